The van der Waals surface area contributed by atoms with Crippen molar-refractivity contribution >= 4 is 44.5 Å². The number of rotatable bonds is 4. The van der Waals surface area contributed by atoms with Crippen LogP contribution >= 0.6 is 22.9 Å². The number of thiophene rings is 1. The minimum absolute atomic E-state index is 0.176. The average molecular weight is 360 g/mol. The van der Waals surface area contributed by atoms with E-state index < -0.39 is 10.0 Å². The number of nitrogens with one attached hydrogen (secondary N) is 1. The molecule has 0 spiro atoms. The van der Waals surface area contributed by atoms with Gasteiger partial charge in [0, 0.05) is 13.1 Å². The smallest absolute Gasteiger partial charge is 0.271 e. The van der Waals surface area contributed by atoms with E-state index in [0.717, 1.165) is 30.2 Å². The van der Waals surface area contributed by atoms with Crippen molar-refractivity contribution in [2.24, 2.45) is 0 Å². The Hall–Kier alpha value is -1.35. The Kier molecular flexibility index (Phi) is 4.53. The number of hydrogen-bond acceptors (Lipinski definition) is 6. The lowest BCUT2D eigenvalue weighted by atomic mass is 10.3. The van der Waals surface area contributed by atoms with Crippen molar-refractivity contribution in [3.8, 4) is 0 Å². The molecular weight excluding hydrogens is 346 g/mol. The van der Waals surface area contributed by atoms with Crippen LogP contribution in [0, 0.1) is 0 Å². The highest BCUT2D eigenvalue weighted by molar-refractivity contribution is 7.94. The number of anilines is 2. The van der Waals surface area contributed by atoms with Crippen molar-refractivity contribution < 1.29 is 13.2 Å². The van der Waals surface area contributed by atoms with Crippen molar-refractivity contribution in [2.75, 3.05) is 35.9 Å². The second-order valence-corrected chi connectivity index (χ2v) is 8.29. The summed E-state index contributed by atoms with van der Waals surface area (Å²) in [6.45, 7) is 2.92. The molecule has 0 unspecified atom stereocenters. The van der Waals surface area contributed by atoms with Crippen LogP contribution < -0.4 is 9.62 Å². The third-order valence-electron chi connectivity index (χ3n) is 3.15. The van der Waals surface area contributed by atoms with Crippen molar-refractivity contribution in [1.82, 2.24) is 4.98 Å². The lowest BCUT2D eigenvalue weighted by molar-refractivity contribution is 0.122. The molecule has 0 amide bonds. The van der Waals surface area contributed by atoms with Crippen LogP contribution in [-0.4, -0.2) is 39.7 Å². The highest BCUT2D eigenvalue weighted by Crippen LogP contribution is 2.27. The predicted octanol–water partition coefficient (Wildman–Crippen LogP) is 2.43. The molecular formula is C13H14ClN3O3S2. The fourth-order valence-electron chi connectivity index (χ4n) is 2.07. The Morgan fingerprint density at radius 1 is 1.23 bits per heavy atom. The summed E-state index contributed by atoms with van der Waals surface area (Å²) in [6.07, 6.45) is 1.51. The molecule has 1 fully saturated rings. The van der Waals surface area contributed by atoms with Crippen molar-refractivity contribution in [2.45, 2.75) is 4.21 Å². The molecule has 3 heterocycles. The summed E-state index contributed by atoms with van der Waals surface area (Å²) >= 11 is 6.79. The summed E-state index contributed by atoms with van der Waals surface area (Å²) in [5.41, 5.74) is 0.418. The van der Waals surface area contributed by atoms with Crippen LogP contribution in [0.4, 0.5) is 11.5 Å². The first-order chi connectivity index (χ1) is 10.5. The van der Waals surface area contributed by atoms with Gasteiger partial charge < -0.3 is 9.64 Å². The standard InChI is InChI=1S/C13H14ClN3O3S2/c14-11-2-4-13(21-11)22(18,19)16-10-1-3-12(15-9-10)17-5-7-20-8-6-17/h1-4,9,16H,5-8H2. The number of hydrogen-bond donors (Lipinski definition) is 1. The van der Waals surface area contributed by atoms with Gasteiger partial charge in [-0.3, -0.25) is 4.72 Å². The first-order valence-electron chi connectivity index (χ1n) is 6.61. The highest BCUT2D eigenvalue weighted by atomic mass is 35.5. The largest absolute Gasteiger partial charge is 0.378 e. The van der Waals surface area contributed by atoms with E-state index in [4.69, 9.17) is 16.3 Å². The molecule has 0 aromatic carbocycles. The maximum atomic E-state index is 12.2. The van der Waals surface area contributed by atoms with E-state index >= 15 is 0 Å². The third-order valence-corrected chi connectivity index (χ3v) is 6.25. The molecule has 0 radical (unpaired) electrons. The molecule has 0 atom stereocenters. The van der Waals surface area contributed by atoms with Crippen LogP contribution in [0.25, 0.3) is 0 Å². The topological polar surface area (TPSA) is 71.5 Å². The maximum absolute atomic E-state index is 12.2. The van der Waals surface area contributed by atoms with Crippen LogP contribution in [0.3, 0.4) is 0 Å². The molecule has 1 aliphatic heterocycles. The monoisotopic (exact) mass is 359 g/mol. The summed E-state index contributed by atoms with van der Waals surface area (Å²) < 4.78 is 32.8. The molecule has 3 rings (SSSR count). The number of sulfonamides is 1. The average Bonchev–Trinajstić information content (AvgIpc) is 2.96. The van der Waals surface area contributed by atoms with Gasteiger partial charge in [-0.15, -0.1) is 11.3 Å². The van der Waals surface area contributed by atoms with Gasteiger partial charge in [0.25, 0.3) is 10.0 Å². The maximum Gasteiger partial charge on any atom is 0.271 e. The van der Waals surface area contributed by atoms with E-state index in [1.807, 2.05) is 0 Å². The molecule has 0 saturated carbocycles. The van der Waals surface area contributed by atoms with E-state index in [0.29, 0.717) is 23.2 Å². The third kappa shape index (κ3) is 3.52. The normalized spacial score (nSPS) is 15.8. The highest BCUT2D eigenvalue weighted by Gasteiger charge is 2.17. The summed E-state index contributed by atoms with van der Waals surface area (Å²) in [5, 5.41) is 0. The minimum atomic E-state index is -3.62. The fraction of sp³-hybridized carbons (Fsp3) is 0.308. The minimum Gasteiger partial charge on any atom is -0.378 e. The van der Waals surface area contributed by atoms with Crippen molar-refractivity contribution in [3.63, 3.8) is 0 Å². The van der Waals surface area contributed by atoms with Gasteiger partial charge in [-0.05, 0) is 24.3 Å². The van der Waals surface area contributed by atoms with Gasteiger partial charge in [0.2, 0.25) is 0 Å². The molecule has 2 aromatic rings. The van der Waals surface area contributed by atoms with Gasteiger partial charge in [-0.2, -0.15) is 0 Å². The quantitative estimate of drug-likeness (QED) is 0.907. The lowest BCUT2D eigenvalue weighted by Gasteiger charge is -2.27. The molecule has 9 heteroatoms. The van der Waals surface area contributed by atoms with E-state index in [1.54, 1.807) is 18.2 Å². The molecule has 1 aliphatic rings. The summed E-state index contributed by atoms with van der Waals surface area (Å²) in [4.78, 5) is 6.40. The number of nitrogens with zero attached hydrogens (tertiary/aromatic N) is 2. The van der Waals surface area contributed by atoms with E-state index in [2.05, 4.69) is 14.6 Å². The molecule has 6 nitrogen and oxygen atoms in total. The Morgan fingerprint density at radius 3 is 2.59 bits per heavy atom. The number of ether oxygens (including phenoxy) is 1. The summed E-state index contributed by atoms with van der Waals surface area (Å²) in [5.74, 6) is 0.811. The van der Waals surface area contributed by atoms with Crippen molar-refractivity contribution in [1.29, 1.82) is 0 Å². The van der Waals surface area contributed by atoms with Gasteiger partial charge >= 0.3 is 0 Å². The number of pyridine rings is 1. The molecule has 0 aliphatic carbocycles. The predicted molar refractivity (Wildman–Crippen MR) is 87.4 cm³/mol. The Balaban J connectivity index is 1.73. The van der Waals surface area contributed by atoms with Crippen LogP contribution in [-0.2, 0) is 14.8 Å². The van der Waals surface area contributed by atoms with E-state index in [-0.39, 0.29) is 4.21 Å². The molecule has 22 heavy (non-hydrogen) atoms. The zero-order chi connectivity index (χ0) is 15.6. The molecule has 2 aromatic heterocycles. The van der Waals surface area contributed by atoms with Crippen LogP contribution in [0.1, 0.15) is 0 Å². The lowest BCUT2D eigenvalue weighted by Crippen LogP contribution is -2.36. The van der Waals surface area contributed by atoms with Crippen LogP contribution in [0.15, 0.2) is 34.7 Å². The Labute approximate surface area is 137 Å². The van der Waals surface area contributed by atoms with Gasteiger partial charge in [0.05, 0.1) is 29.4 Å². The Morgan fingerprint density at radius 2 is 2.00 bits per heavy atom. The fourth-order valence-corrected chi connectivity index (χ4v) is 4.60. The van der Waals surface area contributed by atoms with Gasteiger partial charge in [0.1, 0.15) is 10.0 Å². The second-order valence-electron chi connectivity index (χ2n) is 4.67. The zero-order valence-electron chi connectivity index (χ0n) is 11.5. The number of morpholine rings is 1. The SMILES string of the molecule is O=S(=O)(Nc1ccc(N2CCOCC2)nc1)c1ccc(Cl)s1. The van der Waals surface area contributed by atoms with Gasteiger partial charge in [-0.1, -0.05) is 11.6 Å². The molecule has 1 saturated heterocycles. The van der Waals surface area contributed by atoms with Crippen LogP contribution in [0.5, 0.6) is 0 Å². The first-order valence-corrected chi connectivity index (χ1v) is 9.29. The van der Waals surface area contributed by atoms with E-state index in [9.17, 15) is 8.42 Å². The van der Waals surface area contributed by atoms with Gasteiger partial charge in [0.15, 0.2) is 0 Å². The Bertz CT molecular complexity index is 740. The van der Waals surface area contributed by atoms with E-state index in [1.165, 1.54) is 12.3 Å². The zero-order valence-corrected chi connectivity index (χ0v) is 13.9. The van der Waals surface area contributed by atoms with Crippen molar-refractivity contribution in [3.05, 3.63) is 34.8 Å². The summed E-state index contributed by atoms with van der Waals surface area (Å²) in [6, 6.07) is 6.53. The number of aromatic nitrogens is 1. The molecule has 1 N–H and O–H groups in total. The van der Waals surface area contributed by atoms with Gasteiger partial charge in [-0.25, -0.2) is 13.4 Å². The number of halogens is 1. The summed E-state index contributed by atoms with van der Waals surface area (Å²) in [7, 11) is -3.62. The second kappa shape index (κ2) is 6.41. The van der Waals surface area contributed by atoms with Crippen LogP contribution in [0.2, 0.25) is 4.34 Å². The molecule has 118 valence electrons. The first kappa shape index (κ1) is 15.5. The molecule has 0 bridgehead atoms.